The van der Waals surface area contributed by atoms with Crippen LogP contribution in [-0.4, -0.2) is 26.4 Å². The molecule has 0 bridgehead atoms. The van der Waals surface area contributed by atoms with E-state index in [1.54, 1.807) is 7.11 Å². The largest absolute Gasteiger partial charge is 0.496 e. The number of rotatable bonds is 3. The van der Waals surface area contributed by atoms with E-state index in [2.05, 4.69) is 19.9 Å². The molecule has 1 aromatic carbocycles. The summed E-state index contributed by atoms with van der Waals surface area (Å²) in [4.78, 5) is 0. The maximum absolute atomic E-state index is 5.73. The molecule has 1 fully saturated rings. The Morgan fingerprint density at radius 1 is 1.28 bits per heavy atom. The zero-order chi connectivity index (χ0) is 13.1. The lowest BCUT2D eigenvalue weighted by Crippen LogP contribution is -2.37. The topological polar surface area (TPSA) is 53.7 Å². The van der Waals surface area contributed by atoms with Crippen molar-refractivity contribution in [1.29, 1.82) is 0 Å². The van der Waals surface area contributed by atoms with Crippen molar-refractivity contribution >= 4 is 0 Å². The molecule has 1 aliphatic rings. The Morgan fingerprint density at radius 3 is 2.50 bits per heavy atom. The molecule has 100 valence electrons. The summed E-state index contributed by atoms with van der Waals surface area (Å²) in [5.41, 5.74) is 7.91. The predicted molar refractivity (Wildman–Crippen MR) is 69.7 cm³/mol. The summed E-state index contributed by atoms with van der Waals surface area (Å²) in [5.74, 6) is 1.30. The van der Waals surface area contributed by atoms with E-state index in [9.17, 15) is 0 Å². The van der Waals surface area contributed by atoms with Crippen LogP contribution in [0.4, 0.5) is 0 Å². The third-order valence-corrected chi connectivity index (χ3v) is 3.07. The highest BCUT2D eigenvalue weighted by atomic mass is 16.7. The van der Waals surface area contributed by atoms with E-state index in [0.717, 1.165) is 16.9 Å². The second-order valence-corrected chi connectivity index (χ2v) is 4.91. The van der Waals surface area contributed by atoms with Crippen molar-refractivity contribution in [2.45, 2.75) is 32.1 Å². The molecule has 0 unspecified atom stereocenters. The van der Waals surface area contributed by atoms with Crippen molar-refractivity contribution in [3.05, 3.63) is 29.3 Å². The standard InChI is InChI=1S/C14H21NO3/c1-9(2)12-6-10(4-5-13(12)16-3)14-17-7-11(15)8-18-14/h4-6,9,11,14H,7-8,15H2,1-3H3. The quantitative estimate of drug-likeness (QED) is 0.894. The second-order valence-electron chi connectivity index (χ2n) is 4.91. The van der Waals surface area contributed by atoms with E-state index in [4.69, 9.17) is 19.9 Å². The van der Waals surface area contributed by atoms with E-state index in [1.807, 2.05) is 12.1 Å². The Kier molecular flexibility index (Phi) is 4.22. The van der Waals surface area contributed by atoms with E-state index in [0.29, 0.717) is 19.1 Å². The molecule has 0 saturated carbocycles. The SMILES string of the molecule is COc1ccc(C2OCC(N)CO2)cc1C(C)C. The van der Waals surface area contributed by atoms with Gasteiger partial charge in [-0.3, -0.25) is 0 Å². The van der Waals surface area contributed by atoms with Crippen LogP contribution in [0.3, 0.4) is 0 Å². The molecule has 4 nitrogen and oxygen atoms in total. The fourth-order valence-electron chi connectivity index (χ4n) is 2.06. The summed E-state index contributed by atoms with van der Waals surface area (Å²) in [6, 6.07) is 6.01. The molecule has 2 rings (SSSR count). The van der Waals surface area contributed by atoms with Gasteiger partial charge in [0.1, 0.15) is 5.75 Å². The first-order valence-electron chi connectivity index (χ1n) is 6.28. The van der Waals surface area contributed by atoms with Crippen LogP contribution in [-0.2, 0) is 9.47 Å². The Labute approximate surface area is 108 Å². The number of benzene rings is 1. The van der Waals surface area contributed by atoms with Gasteiger partial charge in [0.2, 0.25) is 0 Å². The monoisotopic (exact) mass is 251 g/mol. The molecule has 0 spiro atoms. The summed E-state index contributed by atoms with van der Waals surface area (Å²) in [7, 11) is 1.69. The van der Waals surface area contributed by atoms with Crippen molar-refractivity contribution in [3.8, 4) is 5.75 Å². The van der Waals surface area contributed by atoms with Gasteiger partial charge in [0, 0.05) is 5.56 Å². The summed E-state index contributed by atoms with van der Waals surface area (Å²) in [6.45, 7) is 5.35. The van der Waals surface area contributed by atoms with Gasteiger partial charge >= 0.3 is 0 Å². The lowest BCUT2D eigenvalue weighted by atomic mass is 9.99. The maximum Gasteiger partial charge on any atom is 0.183 e. The molecule has 0 radical (unpaired) electrons. The highest BCUT2D eigenvalue weighted by Crippen LogP contribution is 2.31. The number of hydrogen-bond acceptors (Lipinski definition) is 4. The molecule has 1 aliphatic heterocycles. The minimum atomic E-state index is -0.312. The van der Waals surface area contributed by atoms with Crippen molar-refractivity contribution < 1.29 is 14.2 Å². The number of ether oxygens (including phenoxy) is 3. The van der Waals surface area contributed by atoms with Gasteiger partial charge in [0.25, 0.3) is 0 Å². The van der Waals surface area contributed by atoms with E-state index < -0.39 is 0 Å². The Hall–Kier alpha value is -1.10. The van der Waals surface area contributed by atoms with Crippen molar-refractivity contribution in [3.63, 3.8) is 0 Å². The summed E-state index contributed by atoms with van der Waals surface area (Å²) in [6.07, 6.45) is -0.312. The van der Waals surface area contributed by atoms with Crippen LogP contribution in [0.25, 0.3) is 0 Å². The van der Waals surface area contributed by atoms with Gasteiger partial charge < -0.3 is 19.9 Å². The zero-order valence-electron chi connectivity index (χ0n) is 11.2. The molecule has 1 aromatic rings. The normalized spacial score (nSPS) is 24.3. The first-order valence-corrected chi connectivity index (χ1v) is 6.28. The van der Waals surface area contributed by atoms with E-state index >= 15 is 0 Å². The molecule has 1 heterocycles. The molecule has 0 aliphatic carbocycles. The van der Waals surface area contributed by atoms with Crippen LogP contribution >= 0.6 is 0 Å². The molecule has 1 saturated heterocycles. The van der Waals surface area contributed by atoms with E-state index in [-0.39, 0.29) is 12.3 Å². The van der Waals surface area contributed by atoms with Gasteiger partial charge in [-0.05, 0) is 23.6 Å². The molecule has 0 amide bonds. The fraction of sp³-hybridized carbons (Fsp3) is 0.571. The summed E-state index contributed by atoms with van der Waals surface area (Å²) in [5, 5.41) is 0. The van der Waals surface area contributed by atoms with Crippen LogP contribution < -0.4 is 10.5 Å². The number of methoxy groups -OCH3 is 1. The van der Waals surface area contributed by atoms with Gasteiger partial charge in [-0.15, -0.1) is 0 Å². The predicted octanol–water partition coefficient (Wildman–Crippen LogP) is 2.19. The first kappa shape index (κ1) is 13.3. The number of hydrogen-bond donors (Lipinski definition) is 1. The molecular formula is C14H21NO3. The molecule has 0 aromatic heterocycles. The minimum Gasteiger partial charge on any atom is -0.496 e. The lowest BCUT2D eigenvalue weighted by molar-refractivity contribution is -0.189. The zero-order valence-corrected chi connectivity index (χ0v) is 11.2. The smallest absolute Gasteiger partial charge is 0.183 e. The molecule has 2 N–H and O–H groups in total. The Balaban J connectivity index is 2.21. The second kappa shape index (κ2) is 5.69. The fourth-order valence-corrected chi connectivity index (χ4v) is 2.06. The van der Waals surface area contributed by atoms with Crippen LogP contribution in [0.5, 0.6) is 5.75 Å². The van der Waals surface area contributed by atoms with E-state index in [1.165, 1.54) is 0 Å². The highest BCUT2D eigenvalue weighted by Gasteiger charge is 2.22. The summed E-state index contributed by atoms with van der Waals surface area (Å²) < 4.78 is 16.6. The van der Waals surface area contributed by atoms with Gasteiger partial charge in [0.05, 0.1) is 26.4 Å². The molecule has 0 atom stereocenters. The van der Waals surface area contributed by atoms with Gasteiger partial charge in [-0.2, -0.15) is 0 Å². The molecular weight excluding hydrogens is 230 g/mol. The average molecular weight is 251 g/mol. The third kappa shape index (κ3) is 2.83. The van der Waals surface area contributed by atoms with Crippen molar-refractivity contribution in [2.75, 3.05) is 20.3 Å². The van der Waals surface area contributed by atoms with Crippen LogP contribution in [0, 0.1) is 0 Å². The highest BCUT2D eigenvalue weighted by molar-refractivity contribution is 5.39. The molecule has 18 heavy (non-hydrogen) atoms. The van der Waals surface area contributed by atoms with Gasteiger partial charge in [-0.25, -0.2) is 0 Å². The van der Waals surface area contributed by atoms with Gasteiger partial charge in [-0.1, -0.05) is 19.9 Å². The lowest BCUT2D eigenvalue weighted by Gasteiger charge is -2.28. The third-order valence-electron chi connectivity index (χ3n) is 3.07. The Bertz CT molecular complexity index is 398. The van der Waals surface area contributed by atoms with Crippen LogP contribution in [0.15, 0.2) is 18.2 Å². The minimum absolute atomic E-state index is 0.0240. The number of nitrogens with two attached hydrogens (primary N) is 1. The van der Waals surface area contributed by atoms with Crippen LogP contribution in [0.1, 0.15) is 37.2 Å². The van der Waals surface area contributed by atoms with Crippen LogP contribution in [0.2, 0.25) is 0 Å². The van der Waals surface area contributed by atoms with Crippen molar-refractivity contribution in [2.24, 2.45) is 5.73 Å². The van der Waals surface area contributed by atoms with Gasteiger partial charge in [0.15, 0.2) is 6.29 Å². The summed E-state index contributed by atoms with van der Waals surface area (Å²) >= 11 is 0. The average Bonchev–Trinajstić information content (AvgIpc) is 2.39. The first-order chi connectivity index (χ1) is 8.61. The van der Waals surface area contributed by atoms with Crippen molar-refractivity contribution in [1.82, 2.24) is 0 Å². The maximum atomic E-state index is 5.73. The Morgan fingerprint density at radius 2 is 1.94 bits per heavy atom. The molecule has 4 heteroatoms.